The Labute approximate surface area is 66.4 Å². The van der Waals surface area contributed by atoms with Gasteiger partial charge in [0, 0.05) is 0 Å². The van der Waals surface area contributed by atoms with Crippen LogP contribution < -0.4 is 5.73 Å². The summed E-state index contributed by atoms with van der Waals surface area (Å²) in [5.74, 6) is 1.57. The van der Waals surface area contributed by atoms with E-state index in [1.165, 1.54) is 12.0 Å². The maximum atomic E-state index is 5.94. The van der Waals surface area contributed by atoms with Gasteiger partial charge in [-0.15, -0.1) is 0 Å². The highest BCUT2D eigenvalue weighted by Crippen LogP contribution is 2.32. The lowest BCUT2D eigenvalue weighted by Gasteiger charge is -2.23. The van der Waals surface area contributed by atoms with E-state index < -0.39 is 0 Å². The van der Waals surface area contributed by atoms with Gasteiger partial charge >= 0.3 is 0 Å². The minimum absolute atomic E-state index is 0.119. The van der Waals surface area contributed by atoms with Crippen LogP contribution in [0.5, 0.6) is 0 Å². The molecule has 0 saturated carbocycles. The lowest BCUT2D eigenvalue weighted by Crippen LogP contribution is -2.23. The van der Waals surface area contributed by atoms with Crippen molar-refractivity contribution in [2.45, 2.75) is 25.8 Å². The van der Waals surface area contributed by atoms with Crippen LogP contribution in [0, 0.1) is 5.92 Å². The Bertz CT molecular complexity index is 254. The van der Waals surface area contributed by atoms with Gasteiger partial charge in [-0.05, 0) is 30.4 Å². The van der Waals surface area contributed by atoms with Gasteiger partial charge in [0.25, 0.3) is 0 Å². The molecular formula is C9H13NO. The van der Waals surface area contributed by atoms with Crippen molar-refractivity contribution in [2.75, 3.05) is 0 Å². The van der Waals surface area contributed by atoms with E-state index in [1.54, 1.807) is 6.26 Å². The smallest absolute Gasteiger partial charge is 0.123 e. The minimum atomic E-state index is 0.119. The van der Waals surface area contributed by atoms with Crippen molar-refractivity contribution in [3.05, 3.63) is 23.7 Å². The van der Waals surface area contributed by atoms with Crippen LogP contribution in [-0.2, 0) is 6.42 Å². The van der Waals surface area contributed by atoms with Crippen LogP contribution in [-0.4, -0.2) is 0 Å². The quantitative estimate of drug-likeness (QED) is 0.614. The summed E-state index contributed by atoms with van der Waals surface area (Å²) in [6.07, 6.45) is 4.05. The van der Waals surface area contributed by atoms with E-state index >= 15 is 0 Å². The van der Waals surface area contributed by atoms with Crippen LogP contribution in [0.15, 0.2) is 16.7 Å². The van der Waals surface area contributed by atoms with Gasteiger partial charge in [0.15, 0.2) is 0 Å². The van der Waals surface area contributed by atoms with E-state index in [2.05, 4.69) is 6.92 Å². The van der Waals surface area contributed by atoms with E-state index in [0.717, 1.165) is 12.2 Å². The molecule has 1 aliphatic carbocycles. The molecular weight excluding hydrogens is 138 g/mol. The highest BCUT2D eigenvalue weighted by Gasteiger charge is 2.25. The highest BCUT2D eigenvalue weighted by atomic mass is 16.3. The first-order chi connectivity index (χ1) is 5.29. The number of aryl methyl sites for hydroxylation is 1. The van der Waals surface area contributed by atoms with E-state index in [1.807, 2.05) is 6.07 Å². The second-order valence-corrected chi connectivity index (χ2v) is 3.35. The Morgan fingerprint density at radius 2 is 2.45 bits per heavy atom. The molecule has 0 spiro atoms. The average Bonchev–Trinajstić information content (AvgIpc) is 2.45. The summed E-state index contributed by atoms with van der Waals surface area (Å²) >= 11 is 0. The molecule has 1 aromatic rings. The van der Waals surface area contributed by atoms with Crippen molar-refractivity contribution in [1.82, 2.24) is 0 Å². The topological polar surface area (TPSA) is 39.2 Å². The number of fused-ring (bicyclic) bond motifs is 1. The Balaban J connectivity index is 2.38. The van der Waals surface area contributed by atoms with Crippen LogP contribution in [0.2, 0.25) is 0 Å². The van der Waals surface area contributed by atoms with Gasteiger partial charge in [-0.25, -0.2) is 0 Å². The molecule has 0 aliphatic heterocycles. The fourth-order valence-corrected chi connectivity index (χ4v) is 1.67. The third-order valence-corrected chi connectivity index (χ3v) is 2.57. The molecule has 11 heavy (non-hydrogen) atoms. The van der Waals surface area contributed by atoms with Crippen molar-refractivity contribution in [1.29, 1.82) is 0 Å². The summed E-state index contributed by atoms with van der Waals surface area (Å²) in [6, 6.07) is 2.15. The molecule has 0 bridgehead atoms. The zero-order chi connectivity index (χ0) is 7.84. The van der Waals surface area contributed by atoms with Crippen molar-refractivity contribution in [3.8, 4) is 0 Å². The van der Waals surface area contributed by atoms with Crippen molar-refractivity contribution in [2.24, 2.45) is 11.7 Å². The lowest BCUT2D eigenvalue weighted by atomic mass is 9.86. The fraction of sp³-hybridized carbons (Fsp3) is 0.556. The van der Waals surface area contributed by atoms with Gasteiger partial charge in [-0.3, -0.25) is 0 Å². The summed E-state index contributed by atoms with van der Waals surface area (Å²) in [4.78, 5) is 0. The molecule has 0 amide bonds. The normalized spacial score (nSPS) is 30.0. The zero-order valence-corrected chi connectivity index (χ0v) is 6.71. The van der Waals surface area contributed by atoms with Crippen LogP contribution in [0.1, 0.15) is 30.7 Å². The predicted molar refractivity (Wildman–Crippen MR) is 43.1 cm³/mol. The Kier molecular flexibility index (Phi) is 1.50. The number of nitrogens with two attached hydrogens (primary N) is 1. The first-order valence-corrected chi connectivity index (χ1v) is 4.11. The van der Waals surface area contributed by atoms with Gasteiger partial charge in [0.1, 0.15) is 5.76 Å². The molecule has 2 nitrogen and oxygen atoms in total. The van der Waals surface area contributed by atoms with Crippen LogP contribution >= 0.6 is 0 Å². The molecule has 2 rings (SSSR count). The first kappa shape index (κ1) is 6.92. The molecule has 0 fully saturated rings. The largest absolute Gasteiger partial charge is 0.467 e. The molecule has 2 unspecified atom stereocenters. The summed E-state index contributed by atoms with van der Waals surface area (Å²) in [7, 11) is 0. The third kappa shape index (κ3) is 0.979. The van der Waals surface area contributed by atoms with Crippen molar-refractivity contribution >= 4 is 0 Å². The molecule has 1 heterocycles. The third-order valence-electron chi connectivity index (χ3n) is 2.57. The molecule has 0 saturated heterocycles. The number of hydrogen-bond acceptors (Lipinski definition) is 2. The molecule has 1 aromatic heterocycles. The maximum Gasteiger partial charge on any atom is 0.123 e. The Morgan fingerprint density at radius 1 is 1.64 bits per heavy atom. The van der Waals surface area contributed by atoms with Gasteiger partial charge in [0.2, 0.25) is 0 Å². The monoisotopic (exact) mass is 151 g/mol. The molecule has 2 atom stereocenters. The Hall–Kier alpha value is -0.760. The van der Waals surface area contributed by atoms with Gasteiger partial charge in [-0.1, -0.05) is 6.92 Å². The lowest BCUT2D eigenvalue weighted by molar-refractivity contribution is 0.342. The summed E-state index contributed by atoms with van der Waals surface area (Å²) in [6.45, 7) is 2.18. The second kappa shape index (κ2) is 2.38. The van der Waals surface area contributed by atoms with Gasteiger partial charge < -0.3 is 10.2 Å². The predicted octanol–water partition coefficient (Wildman–Crippen LogP) is 1.86. The average molecular weight is 151 g/mol. The van der Waals surface area contributed by atoms with Crippen LogP contribution in [0.4, 0.5) is 0 Å². The summed E-state index contributed by atoms with van der Waals surface area (Å²) in [5, 5.41) is 0. The van der Waals surface area contributed by atoms with Crippen LogP contribution in [0.25, 0.3) is 0 Å². The van der Waals surface area contributed by atoms with E-state index in [4.69, 9.17) is 10.2 Å². The molecule has 2 N–H and O–H groups in total. The first-order valence-electron chi connectivity index (χ1n) is 4.11. The fourth-order valence-electron chi connectivity index (χ4n) is 1.67. The number of hydrogen-bond donors (Lipinski definition) is 1. The number of rotatable bonds is 0. The maximum absolute atomic E-state index is 5.94. The Morgan fingerprint density at radius 3 is 3.27 bits per heavy atom. The standard InChI is InChI=1S/C9H13NO/c1-6-2-3-7-4-5-11-9(7)8(6)10/h4-6,8H,2-3,10H2,1H3. The zero-order valence-electron chi connectivity index (χ0n) is 6.71. The van der Waals surface area contributed by atoms with Crippen LogP contribution in [0.3, 0.4) is 0 Å². The van der Waals surface area contributed by atoms with Gasteiger partial charge in [0.05, 0.1) is 12.3 Å². The minimum Gasteiger partial charge on any atom is -0.467 e. The molecule has 0 aromatic carbocycles. The second-order valence-electron chi connectivity index (χ2n) is 3.35. The summed E-state index contributed by atoms with van der Waals surface area (Å²) < 4.78 is 5.31. The van der Waals surface area contributed by atoms with Crippen molar-refractivity contribution < 1.29 is 4.42 Å². The van der Waals surface area contributed by atoms with Gasteiger partial charge in [-0.2, -0.15) is 0 Å². The number of furan rings is 1. The molecule has 60 valence electrons. The van der Waals surface area contributed by atoms with E-state index in [-0.39, 0.29) is 6.04 Å². The van der Waals surface area contributed by atoms with E-state index in [9.17, 15) is 0 Å². The van der Waals surface area contributed by atoms with Crippen molar-refractivity contribution in [3.63, 3.8) is 0 Å². The molecule has 1 aliphatic rings. The summed E-state index contributed by atoms with van der Waals surface area (Å²) in [5.41, 5.74) is 7.24. The molecule has 0 radical (unpaired) electrons. The van der Waals surface area contributed by atoms with E-state index in [0.29, 0.717) is 5.92 Å². The highest BCUT2D eigenvalue weighted by molar-refractivity contribution is 5.23. The molecule has 2 heteroatoms. The SMILES string of the molecule is CC1CCc2ccoc2C1N.